The minimum atomic E-state index is -0.755. The van der Waals surface area contributed by atoms with Gasteiger partial charge >= 0.3 is 5.97 Å². The number of carbonyl (C=O) groups is 1. The zero-order valence-electron chi connectivity index (χ0n) is 11.0. The summed E-state index contributed by atoms with van der Waals surface area (Å²) < 4.78 is 0. The molecule has 2 N–H and O–H groups in total. The van der Waals surface area contributed by atoms with Gasteiger partial charge in [0.05, 0.1) is 6.42 Å². The molecule has 4 heteroatoms. The first-order chi connectivity index (χ1) is 9.22. The van der Waals surface area contributed by atoms with Crippen molar-refractivity contribution < 1.29 is 9.90 Å². The fraction of sp³-hybridized carbons (Fsp3) is 0.533. The van der Waals surface area contributed by atoms with Gasteiger partial charge in [-0.15, -0.1) is 0 Å². The second-order valence-electron chi connectivity index (χ2n) is 5.71. The molecule has 0 spiro atoms. The van der Waals surface area contributed by atoms with Crippen molar-refractivity contribution in [3.05, 3.63) is 35.4 Å². The third-order valence-electron chi connectivity index (χ3n) is 4.32. The van der Waals surface area contributed by atoms with Crippen molar-refractivity contribution in [2.45, 2.75) is 13.0 Å². The Balaban J connectivity index is 1.68. The number of nitrogens with zero attached hydrogens (tertiary/aromatic N) is 1. The fourth-order valence-corrected chi connectivity index (χ4v) is 3.37. The van der Waals surface area contributed by atoms with Crippen LogP contribution in [0.1, 0.15) is 11.1 Å². The Hall–Kier alpha value is -1.39. The molecule has 3 rings (SSSR count). The van der Waals surface area contributed by atoms with Gasteiger partial charge in [-0.05, 0) is 36.1 Å². The van der Waals surface area contributed by atoms with Crippen LogP contribution in [-0.4, -0.2) is 42.2 Å². The highest BCUT2D eigenvalue weighted by atomic mass is 16.4. The molecular formula is C15H20N2O2. The number of carboxylic acids is 1. The predicted octanol–water partition coefficient (Wildman–Crippen LogP) is 0.965. The van der Waals surface area contributed by atoms with E-state index < -0.39 is 5.97 Å². The number of nitrogens with one attached hydrogen (secondary N) is 1. The molecule has 2 unspecified atom stereocenters. The van der Waals surface area contributed by atoms with Crippen molar-refractivity contribution in [2.75, 3.05) is 26.2 Å². The average molecular weight is 260 g/mol. The Kier molecular flexibility index (Phi) is 3.53. The minimum Gasteiger partial charge on any atom is -0.481 e. The molecule has 1 aromatic rings. The number of benzene rings is 1. The molecule has 0 amide bonds. The van der Waals surface area contributed by atoms with Gasteiger partial charge in [-0.1, -0.05) is 24.3 Å². The lowest BCUT2D eigenvalue weighted by Gasteiger charge is -2.18. The van der Waals surface area contributed by atoms with Crippen molar-refractivity contribution in [2.24, 2.45) is 11.8 Å². The summed E-state index contributed by atoms with van der Waals surface area (Å²) in [6.07, 6.45) is 0.123. The molecule has 2 atom stereocenters. The molecule has 2 aliphatic rings. The third kappa shape index (κ3) is 2.80. The lowest BCUT2D eigenvalue weighted by Crippen LogP contribution is -2.26. The molecular weight excluding hydrogens is 240 g/mol. The predicted molar refractivity (Wildman–Crippen MR) is 72.9 cm³/mol. The molecule has 0 aromatic heterocycles. The smallest absolute Gasteiger partial charge is 0.307 e. The van der Waals surface area contributed by atoms with E-state index in [0.29, 0.717) is 0 Å². The number of hydrogen-bond acceptors (Lipinski definition) is 3. The van der Waals surface area contributed by atoms with Crippen LogP contribution >= 0.6 is 0 Å². The van der Waals surface area contributed by atoms with Crippen LogP contribution in [0.4, 0.5) is 0 Å². The van der Waals surface area contributed by atoms with Crippen LogP contribution < -0.4 is 5.32 Å². The number of aliphatic carboxylic acids is 1. The summed E-state index contributed by atoms with van der Waals surface area (Å²) in [6.45, 7) is 5.43. The van der Waals surface area contributed by atoms with Crippen molar-refractivity contribution in [1.29, 1.82) is 0 Å². The van der Waals surface area contributed by atoms with Gasteiger partial charge in [-0.2, -0.15) is 0 Å². The maximum Gasteiger partial charge on any atom is 0.307 e. The number of rotatable bonds is 4. The molecule has 19 heavy (non-hydrogen) atoms. The topological polar surface area (TPSA) is 52.6 Å². The highest BCUT2D eigenvalue weighted by molar-refractivity contribution is 5.70. The number of carboxylic acid groups (broad SMARTS) is 1. The third-order valence-corrected chi connectivity index (χ3v) is 4.32. The summed E-state index contributed by atoms with van der Waals surface area (Å²) in [4.78, 5) is 13.4. The lowest BCUT2D eigenvalue weighted by atomic mass is 10.0. The molecule has 102 valence electrons. The molecule has 0 bridgehead atoms. The van der Waals surface area contributed by atoms with Crippen LogP contribution in [0, 0.1) is 11.8 Å². The van der Waals surface area contributed by atoms with E-state index in [-0.39, 0.29) is 6.42 Å². The zero-order valence-corrected chi connectivity index (χ0v) is 11.0. The number of fused-ring (bicyclic) bond motifs is 1. The summed E-state index contributed by atoms with van der Waals surface area (Å²) >= 11 is 0. The molecule has 0 saturated carbocycles. The molecule has 2 aliphatic heterocycles. The normalized spacial score (nSPS) is 26.5. The monoisotopic (exact) mass is 260 g/mol. The van der Waals surface area contributed by atoms with E-state index >= 15 is 0 Å². The van der Waals surface area contributed by atoms with E-state index in [1.165, 1.54) is 0 Å². The summed E-state index contributed by atoms with van der Waals surface area (Å²) in [5.74, 6) is 0.813. The van der Waals surface area contributed by atoms with E-state index in [9.17, 15) is 4.79 Å². The van der Waals surface area contributed by atoms with Crippen LogP contribution in [0.25, 0.3) is 0 Å². The van der Waals surface area contributed by atoms with Gasteiger partial charge in [-0.25, -0.2) is 0 Å². The summed E-state index contributed by atoms with van der Waals surface area (Å²) in [5.41, 5.74) is 2.11. The van der Waals surface area contributed by atoms with Crippen molar-refractivity contribution in [1.82, 2.24) is 10.2 Å². The minimum absolute atomic E-state index is 0.123. The number of hydrogen-bond donors (Lipinski definition) is 2. The van der Waals surface area contributed by atoms with E-state index in [4.69, 9.17) is 5.11 Å². The molecule has 2 fully saturated rings. The van der Waals surface area contributed by atoms with Gasteiger partial charge in [-0.3, -0.25) is 9.69 Å². The quantitative estimate of drug-likeness (QED) is 0.847. The first-order valence-corrected chi connectivity index (χ1v) is 6.94. The van der Waals surface area contributed by atoms with Crippen molar-refractivity contribution in [3.8, 4) is 0 Å². The summed E-state index contributed by atoms with van der Waals surface area (Å²) in [5, 5.41) is 12.4. The van der Waals surface area contributed by atoms with Crippen LogP contribution in [0.3, 0.4) is 0 Å². The van der Waals surface area contributed by atoms with E-state index in [2.05, 4.69) is 16.3 Å². The maximum absolute atomic E-state index is 10.9. The van der Waals surface area contributed by atoms with Gasteiger partial charge in [0.15, 0.2) is 0 Å². The zero-order chi connectivity index (χ0) is 13.2. The Labute approximate surface area is 113 Å². The highest BCUT2D eigenvalue weighted by Crippen LogP contribution is 2.27. The standard InChI is InChI=1S/C15H20N2O2/c18-15(19)5-11-3-1-2-4-12(11)8-17-9-13-6-16-7-14(13)10-17/h1-4,13-14,16H,5-10H2,(H,18,19). The van der Waals surface area contributed by atoms with Gasteiger partial charge in [0.25, 0.3) is 0 Å². The summed E-state index contributed by atoms with van der Waals surface area (Å²) in [6, 6.07) is 7.91. The average Bonchev–Trinajstić information content (AvgIpc) is 2.91. The molecule has 2 heterocycles. The van der Waals surface area contributed by atoms with Crippen molar-refractivity contribution >= 4 is 5.97 Å². The van der Waals surface area contributed by atoms with Crippen LogP contribution in [0.15, 0.2) is 24.3 Å². The van der Waals surface area contributed by atoms with Gasteiger partial charge in [0.2, 0.25) is 0 Å². The fourth-order valence-electron chi connectivity index (χ4n) is 3.37. The van der Waals surface area contributed by atoms with Gasteiger partial charge in [0.1, 0.15) is 0 Å². The van der Waals surface area contributed by atoms with E-state index in [1.54, 1.807) is 0 Å². The SMILES string of the molecule is O=C(O)Cc1ccccc1CN1CC2CNCC2C1. The largest absolute Gasteiger partial charge is 0.481 e. The Morgan fingerprint density at radius 1 is 1.21 bits per heavy atom. The maximum atomic E-state index is 10.9. The van der Waals surface area contributed by atoms with Crippen LogP contribution in [-0.2, 0) is 17.8 Å². The van der Waals surface area contributed by atoms with Crippen molar-refractivity contribution in [3.63, 3.8) is 0 Å². The Morgan fingerprint density at radius 2 is 1.84 bits per heavy atom. The first kappa shape index (κ1) is 12.6. The lowest BCUT2D eigenvalue weighted by molar-refractivity contribution is -0.136. The molecule has 0 radical (unpaired) electrons. The van der Waals surface area contributed by atoms with E-state index in [0.717, 1.165) is 55.7 Å². The summed E-state index contributed by atoms with van der Waals surface area (Å²) in [7, 11) is 0. The van der Waals surface area contributed by atoms with Gasteiger partial charge < -0.3 is 10.4 Å². The van der Waals surface area contributed by atoms with Crippen LogP contribution in [0.5, 0.6) is 0 Å². The van der Waals surface area contributed by atoms with E-state index in [1.807, 2.05) is 18.2 Å². The second kappa shape index (κ2) is 5.31. The second-order valence-corrected chi connectivity index (χ2v) is 5.71. The Morgan fingerprint density at radius 3 is 2.47 bits per heavy atom. The molecule has 1 aromatic carbocycles. The van der Waals surface area contributed by atoms with Crippen LogP contribution in [0.2, 0.25) is 0 Å². The first-order valence-electron chi connectivity index (χ1n) is 6.94. The molecule has 2 saturated heterocycles. The molecule has 4 nitrogen and oxygen atoms in total. The number of likely N-dealkylation sites (tertiary alicyclic amines) is 1. The Bertz CT molecular complexity index is 463. The van der Waals surface area contributed by atoms with Gasteiger partial charge in [0, 0.05) is 19.6 Å². The highest BCUT2D eigenvalue weighted by Gasteiger charge is 2.35. The molecule has 0 aliphatic carbocycles.